The third-order valence-electron chi connectivity index (χ3n) is 7.27. The van der Waals surface area contributed by atoms with Gasteiger partial charge in [-0.1, -0.05) is 37.3 Å². The third-order valence-corrected chi connectivity index (χ3v) is 7.27. The van der Waals surface area contributed by atoms with Crippen LogP contribution in [0.3, 0.4) is 0 Å². The van der Waals surface area contributed by atoms with Crippen molar-refractivity contribution in [1.29, 1.82) is 0 Å². The van der Waals surface area contributed by atoms with Crippen LogP contribution in [0.1, 0.15) is 28.4 Å². The monoisotopic (exact) mass is 520 g/mol. The number of ether oxygens (including phenoxy) is 1. The standard InChI is InChI=1S/C32H29FN4O2/c1-3-20-17-26(34-2)10-11-27(20)32(38)37-14-15-39-30-13-8-23(16-24(30)19-37)21-4-6-22(7-5-21)31-35-28-12-9-25(33)18-29(28)36-31/h4-13,16-18,34H,3,14-15,19H2,1-2H3,(H,35,36). The Labute approximate surface area is 226 Å². The van der Waals surface area contributed by atoms with Crippen molar-refractivity contribution >= 4 is 22.6 Å². The number of nitrogens with one attached hydrogen (secondary N) is 2. The SMILES string of the molecule is CCc1cc(NC)ccc1C(=O)N1CCOc2ccc(-c3ccc(-c4nc5ccc(F)cc5[nH]4)cc3)cc2C1. The molecule has 0 radical (unpaired) electrons. The number of benzene rings is 4. The predicted molar refractivity (Wildman–Crippen MR) is 153 cm³/mol. The van der Waals surface area contributed by atoms with Gasteiger partial charge >= 0.3 is 0 Å². The Morgan fingerprint density at radius 1 is 1.00 bits per heavy atom. The first-order chi connectivity index (χ1) is 19.0. The number of rotatable bonds is 5. The molecule has 1 aliphatic heterocycles. The molecule has 0 aliphatic carbocycles. The van der Waals surface area contributed by atoms with E-state index in [1.54, 1.807) is 6.07 Å². The van der Waals surface area contributed by atoms with E-state index in [0.29, 0.717) is 31.0 Å². The number of halogens is 1. The van der Waals surface area contributed by atoms with E-state index in [1.807, 2.05) is 66.5 Å². The van der Waals surface area contributed by atoms with E-state index in [-0.39, 0.29) is 11.7 Å². The summed E-state index contributed by atoms with van der Waals surface area (Å²) in [4.78, 5) is 23.2. The molecule has 0 saturated heterocycles. The molecule has 0 fully saturated rings. The average molecular weight is 521 g/mol. The maximum absolute atomic E-state index is 13.6. The summed E-state index contributed by atoms with van der Waals surface area (Å²) in [6.07, 6.45) is 0.780. The van der Waals surface area contributed by atoms with E-state index >= 15 is 0 Å². The summed E-state index contributed by atoms with van der Waals surface area (Å²) in [7, 11) is 1.88. The number of aryl methyl sites for hydroxylation is 1. The Bertz CT molecular complexity index is 1680. The van der Waals surface area contributed by atoms with Crippen molar-refractivity contribution in [2.45, 2.75) is 19.9 Å². The van der Waals surface area contributed by atoms with Gasteiger partial charge in [-0.15, -0.1) is 0 Å². The van der Waals surface area contributed by atoms with Gasteiger partial charge in [0.25, 0.3) is 5.91 Å². The Morgan fingerprint density at radius 3 is 2.59 bits per heavy atom. The van der Waals surface area contributed by atoms with Gasteiger partial charge < -0.3 is 19.9 Å². The summed E-state index contributed by atoms with van der Waals surface area (Å²) in [5.74, 6) is 1.23. The molecule has 1 aromatic heterocycles. The van der Waals surface area contributed by atoms with Crippen molar-refractivity contribution < 1.29 is 13.9 Å². The predicted octanol–water partition coefficient (Wildman–Crippen LogP) is 6.67. The van der Waals surface area contributed by atoms with Crippen molar-refractivity contribution in [1.82, 2.24) is 14.9 Å². The molecular weight excluding hydrogens is 491 g/mol. The number of fused-ring (bicyclic) bond motifs is 2. The van der Waals surface area contributed by atoms with E-state index in [0.717, 1.165) is 56.8 Å². The summed E-state index contributed by atoms with van der Waals surface area (Å²) in [5.41, 5.74) is 8.14. The van der Waals surface area contributed by atoms with Gasteiger partial charge in [-0.2, -0.15) is 0 Å². The number of hydrogen-bond donors (Lipinski definition) is 2. The number of aromatic nitrogens is 2. The summed E-state index contributed by atoms with van der Waals surface area (Å²) >= 11 is 0. The number of hydrogen-bond acceptors (Lipinski definition) is 4. The number of amides is 1. The molecule has 1 amide bonds. The van der Waals surface area contributed by atoms with Crippen LogP contribution in [0.2, 0.25) is 0 Å². The maximum Gasteiger partial charge on any atom is 0.254 e. The van der Waals surface area contributed by atoms with Crippen molar-refractivity contribution in [3.8, 4) is 28.3 Å². The maximum atomic E-state index is 13.6. The Balaban J connectivity index is 1.25. The number of aromatic amines is 1. The molecule has 6 rings (SSSR count). The van der Waals surface area contributed by atoms with Crippen LogP contribution >= 0.6 is 0 Å². The fourth-order valence-corrected chi connectivity index (χ4v) is 5.11. The van der Waals surface area contributed by atoms with Gasteiger partial charge in [-0.3, -0.25) is 4.79 Å². The van der Waals surface area contributed by atoms with Gasteiger partial charge in [0.2, 0.25) is 0 Å². The first-order valence-corrected chi connectivity index (χ1v) is 13.1. The van der Waals surface area contributed by atoms with Crippen molar-refractivity contribution in [2.75, 3.05) is 25.5 Å². The highest BCUT2D eigenvalue weighted by Gasteiger charge is 2.23. The highest BCUT2D eigenvalue weighted by molar-refractivity contribution is 5.96. The van der Waals surface area contributed by atoms with E-state index in [4.69, 9.17) is 4.74 Å². The fraction of sp³-hybridized carbons (Fsp3) is 0.188. The number of carbonyl (C=O) groups is 1. The number of carbonyl (C=O) groups excluding carboxylic acids is 1. The van der Waals surface area contributed by atoms with Crippen LogP contribution in [0.4, 0.5) is 10.1 Å². The summed E-state index contributed by atoms with van der Waals surface area (Å²) in [6, 6.07) is 24.7. The Morgan fingerprint density at radius 2 is 1.79 bits per heavy atom. The minimum absolute atomic E-state index is 0.0198. The molecule has 196 valence electrons. The minimum Gasteiger partial charge on any atom is -0.491 e. The lowest BCUT2D eigenvalue weighted by atomic mass is 10.00. The van der Waals surface area contributed by atoms with Crippen LogP contribution in [-0.4, -0.2) is 41.0 Å². The third kappa shape index (κ3) is 4.83. The number of imidazole rings is 1. The average Bonchev–Trinajstić information content (AvgIpc) is 3.27. The molecule has 5 aromatic rings. The zero-order valence-corrected chi connectivity index (χ0v) is 21.9. The Hall–Kier alpha value is -4.65. The van der Waals surface area contributed by atoms with Crippen LogP contribution in [0, 0.1) is 5.82 Å². The van der Waals surface area contributed by atoms with Crippen molar-refractivity contribution in [2.24, 2.45) is 0 Å². The first-order valence-electron chi connectivity index (χ1n) is 13.1. The van der Waals surface area contributed by atoms with Gasteiger partial charge in [0, 0.05) is 36.0 Å². The lowest BCUT2D eigenvalue weighted by Crippen LogP contribution is -2.33. The zero-order chi connectivity index (χ0) is 26.9. The smallest absolute Gasteiger partial charge is 0.254 e. The first kappa shape index (κ1) is 24.7. The van der Waals surface area contributed by atoms with Crippen LogP contribution in [0.15, 0.2) is 78.9 Å². The molecule has 6 nitrogen and oxygen atoms in total. The minimum atomic E-state index is -0.294. The lowest BCUT2D eigenvalue weighted by Gasteiger charge is -2.22. The quantitative estimate of drug-likeness (QED) is 0.271. The molecule has 0 saturated carbocycles. The van der Waals surface area contributed by atoms with E-state index in [1.165, 1.54) is 12.1 Å². The van der Waals surface area contributed by atoms with Crippen molar-refractivity contribution in [3.63, 3.8) is 0 Å². The second-order valence-corrected chi connectivity index (χ2v) is 9.70. The molecule has 4 aromatic carbocycles. The summed E-state index contributed by atoms with van der Waals surface area (Å²) in [5, 5.41) is 3.15. The van der Waals surface area contributed by atoms with Crippen molar-refractivity contribution in [3.05, 3.63) is 101 Å². The molecule has 0 spiro atoms. The molecule has 7 heteroatoms. The van der Waals surface area contributed by atoms with E-state index in [2.05, 4.69) is 28.3 Å². The van der Waals surface area contributed by atoms with Gasteiger partial charge in [-0.25, -0.2) is 9.37 Å². The second kappa shape index (κ2) is 10.3. The van der Waals surface area contributed by atoms with E-state index < -0.39 is 0 Å². The second-order valence-electron chi connectivity index (χ2n) is 9.70. The number of H-pyrrole nitrogens is 1. The molecule has 39 heavy (non-hydrogen) atoms. The largest absolute Gasteiger partial charge is 0.491 e. The number of anilines is 1. The lowest BCUT2D eigenvalue weighted by molar-refractivity contribution is 0.0732. The summed E-state index contributed by atoms with van der Waals surface area (Å²) < 4.78 is 19.6. The highest BCUT2D eigenvalue weighted by Crippen LogP contribution is 2.31. The van der Waals surface area contributed by atoms with Gasteiger partial charge in [0.1, 0.15) is 24.0 Å². The van der Waals surface area contributed by atoms with E-state index in [9.17, 15) is 9.18 Å². The summed E-state index contributed by atoms with van der Waals surface area (Å²) in [6.45, 7) is 3.52. The highest BCUT2D eigenvalue weighted by atomic mass is 19.1. The molecule has 1 aliphatic rings. The molecule has 0 atom stereocenters. The normalized spacial score (nSPS) is 13.1. The number of nitrogens with zero attached hydrogens (tertiary/aromatic N) is 2. The molecular formula is C32H29FN4O2. The molecule has 0 unspecified atom stereocenters. The molecule has 0 bridgehead atoms. The zero-order valence-electron chi connectivity index (χ0n) is 21.9. The fourth-order valence-electron chi connectivity index (χ4n) is 5.11. The molecule has 2 N–H and O–H groups in total. The van der Waals surface area contributed by atoms with Crippen LogP contribution < -0.4 is 10.1 Å². The van der Waals surface area contributed by atoms with Gasteiger partial charge in [-0.05, 0) is 71.6 Å². The van der Waals surface area contributed by atoms with Gasteiger partial charge in [0.15, 0.2) is 0 Å². The molecule has 2 heterocycles. The van der Waals surface area contributed by atoms with Crippen LogP contribution in [-0.2, 0) is 13.0 Å². The van der Waals surface area contributed by atoms with Crippen LogP contribution in [0.5, 0.6) is 5.75 Å². The van der Waals surface area contributed by atoms with Crippen LogP contribution in [0.25, 0.3) is 33.5 Å². The Kier molecular flexibility index (Phi) is 6.49. The van der Waals surface area contributed by atoms with Gasteiger partial charge in [0.05, 0.1) is 17.6 Å². The topological polar surface area (TPSA) is 70.2 Å².